The van der Waals surface area contributed by atoms with Gasteiger partial charge in [0, 0.05) is 37.6 Å². The van der Waals surface area contributed by atoms with E-state index in [2.05, 4.69) is 27.6 Å². The third-order valence-electron chi connectivity index (χ3n) is 4.37. The van der Waals surface area contributed by atoms with Crippen molar-refractivity contribution in [2.24, 2.45) is 11.7 Å². The van der Waals surface area contributed by atoms with Crippen molar-refractivity contribution in [3.63, 3.8) is 0 Å². The topological polar surface area (TPSA) is 47.1 Å². The van der Waals surface area contributed by atoms with Crippen LogP contribution < -0.4 is 5.73 Å². The van der Waals surface area contributed by atoms with E-state index in [0.717, 1.165) is 25.6 Å². The lowest BCUT2D eigenvalue weighted by Crippen LogP contribution is -2.53. The predicted octanol–water partition coefficient (Wildman–Crippen LogP) is 1.21. The van der Waals surface area contributed by atoms with Crippen LogP contribution >= 0.6 is 0 Å². The maximum atomic E-state index is 6.30. The quantitative estimate of drug-likeness (QED) is 0.794. The van der Waals surface area contributed by atoms with Crippen LogP contribution in [0, 0.1) is 5.92 Å². The molecule has 1 fully saturated rings. The lowest BCUT2D eigenvalue weighted by Gasteiger charge is -2.42. The molecule has 3 rings (SSSR count). The summed E-state index contributed by atoms with van der Waals surface area (Å²) in [5, 5.41) is 0. The molecule has 2 heterocycles. The van der Waals surface area contributed by atoms with Gasteiger partial charge in [-0.25, -0.2) is 4.98 Å². The molecule has 3 unspecified atom stereocenters. The van der Waals surface area contributed by atoms with E-state index in [1.54, 1.807) is 0 Å². The first-order valence-corrected chi connectivity index (χ1v) is 6.73. The predicted molar refractivity (Wildman–Crippen MR) is 67.4 cm³/mol. The molecular weight excluding hydrogens is 212 g/mol. The molecule has 3 atom stereocenters. The number of nitrogens with zero attached hydrogens (tertiary/aromatic N) is 3. The van der Waals surface area contributed by atoms with Crippen molar-refractivity contribution in [1.82, 2.24) is 14.5 Å². The van der Waals surface area contributed by atoms with Crippen molar-refractivity contribution in [1.29, 1.82) is 0 Å². The summed E-state index contributed by atoms with van der Waals surface area (Å²) in [6.45, 7) is 5.50. The summed E-state index contributed by atoms with van der Waals surface area (Å²) >= 11 is 0. The second kappa shape index (κ2) is 4.42. The van der Waals surface area contributed by atoms with Crippen molar-refractivity contribution in [3.05, 3.63) is 18.2 Å². The highest BCUT2D eigenvalue weighted by atomic mass is 15.3. The van der Waals surface area contributed by atoms with Crippen LogP contribution in [0.4, 0.5) is 0 Å². The van der Waals surface area contributed by atoms with Crippen LogP contribution in [0.3, 0.4) is 0 Å². The molecule has 0 saturated heterocycles. The molecule has 0 bridgehead atoms. The van der Waals surface area contributed by atoms with E-state index in [9.17, 15) is 0 Å². The standard InChI is InChI=1S/C13H22N4/c1-10-2-3-11(14)12(8-10)17-7-6-16-5-4-15-13(16)9-17/h4-5,10-12H,2-3,6-9,14H2,1H3. The highest BCUT2D eigenvalue weighted by molar-refractivity contribution is 4.99. The lowest BCUT2D eigenvalue weighted by atomic mass is 9.83. The molecule has 1 aliphatic carbocycles. The Morgan fingerprint density at radius 1 is 1.35 bits per heavy atom. The summed E-state index contributed by atoms with van der Waals surface area (Å²) in [6, 6.07) is 0.914. The first-order chi connectivity index (χ1) is 8.24. The van der Waals surface area contributed by atoms with Gasteiger partial charge in [0.1, 0.15) is 5.82 Å². The van der Waals surface area contributed by atoms with Gasteiger partial charge in [0.05, 0.1) is 6.54 Å². The Morgan fingerprint density at radius 2 is 2.24 bits per heavy atom. The Morgan fingerprint density at radius 3 is 3.12 bits per heavy atom. The largest absolute Gasteiger partial charge is 0.333 e. The van der Waals surface area contributed by atoms with E-state index >= 15 is 0 Å². The van der Waals surface area contributed by atoms with E-state index in [1.807, 2.05) is 6.20 Å². The molecule has 1 aromatic rings. The van der Waals surface area contributed by atoms with Crippen LogP contribution in [-0.4, -0.2) is 33.1 Å². The fourth-order valence-electron chi connectivity index (χ4n) is 3.27. The first-order valence-electron chi connectivity index (χ1n) is 6.73. The number of hydrogen-bond donors (Lipinski definition) is 1. The third kappa shape index (κ3) is 2.11. The number of rotatable bonds is 1. The molecule has 1 aliphatic heterocycles. The van der Waals surface area contributed by atoms with Gasteiger partial charge >= 0.3 is 0 Å². The Hall–Kier alpha value is -0.870. The third-order valence-corrected chi connectivity index (χ3v) is 4.37. The van der Waals surface area contributed by atoms with Crippen molar-refractivity contribution < 1.29 is 0 Å². The van der Waals surface area contributed by atoms with E-state index in [1.165, 1.54) is 25.1 Å². The molecule has 1 aromatic heterocycles. The Labute approximate surface area is 103 Å². The van der Waals surface area contributed by atoms with Gasteiger partial charge in [0.15, 0.2) is 0 Å². The molecule has 17 heavy (non-hydrogen) atoms. The van der Waals surface area contributed by atoms with Gasteiger partial charge in [-0.15, -0.1) is 0 Å². The van der Waals surface area contributed by atoms with Gasteiger partial charge in [-0.1, -0.05) is 6.92 Å². The number of nitrogens with two attached hydrogens (primary N) is 1. The molecule has 2 N–H and O–H groups in total. The second-order valence-corrected chi connectivity index (χ2v) is 5.66. The van der Waals surface area contributed by atoms with Crippen LogP contribution in [0.2, 0.25) is 0 Å². The van der Waals surface area contributed by atoms with E-state index < -0.39 is 0 Å². The molecule has 0 aromatic carbocycles. The second-order valence-electron chi connectivity index (χ2n) is 5.66. The van der Waals surface area contributed by atoms with Crippen LogP contribution in [0.15, 0.2) is 12.4 Å². The molecule has 4 nitrogen and oxygen atoms in total. The normalized spacial score (nSPS) is 34.6. The molecule has 2 aliphatic rings. The van der Waals surface area contributed by atoms with Crippen molar-refractivity contribution in [2.45, 2.75) is 51.4 Å². The van der Waals surface area contributed by atoms with Crippen LogP contribution in [0.25, 0.3) is 0 Å². The number of fused-ring (bicyclic) bond motifs is 1. The Kier molecular flexibility index (Phi) is 2.92. The highest BCUT2D eigenvalue weighted by Crippen LogP contribution is 2.28. The fraction of sp³-hybridized carbons (Fsp3) is 0.769. The Balaban J connectivity index is 1.73. The molecule has 0 amide bonds. The van der Waals surface area contributed by atoms with Gasteiger partial charge in [-0.05, 0) is 25.2 Å². The van der Waals surface area contributed by atoms with E-state index in [-0.39, 0.29) is 0 Å². The maximum absolute atomic E-state index is 6.30. The number of aromatic nitrogens is 2. The van der Waals surface area contributed by atoms with Gasteiger partial charge in [-0.2, -0.15) is 0 Å². The smallest absolute Gasteiger partial charge is 0.122 e. The minimum absolute atomic E-state index is 0.354. The molecule has 94 valence electrons. The summed E-state index contributed by atoms with van der Waals surface area (Å²) in [5.41, 5.74) is 6.30. The summed E-state index contributed by atoms with van der Waals surface area (Å²) in [5.74, 6) is 2.02. The van der Waals surface area contributed by atoms with Crippen LogP contribution in [0.1, 0.15) is 32.0 Å². The summed E-state index contributed by atoms with van der Waals surface area (Å²) in [6.07, 6.45) is 7.71. The number of imidazole rings is 1. The summed E-state index contributed by atoms with van der Waals surface area (Å²) < 4.78 is 2.26. The molecule has 4 heteroatoms. The van der Waals surface area contributed by atoms with Crippen molar-refractivity contribution in [3.8, 4) is 0 Å². The van der Waals surface area contributed by atoms with Crippen LogP contribution in [-0.2, 0) is 13.1 Å². The zero-order valence-electron chi connectivity index (χ0n) is 10.5. The average Bonchev–Trinajstić information content (AvgIpc) is 2.79. The lowest BCUT2D eigenvalue weighted by molar-refractivity contribution is 0.0885. The first kappa shape index (κ1) is 11.2. The van der Waals surface area contributed by atoms with E-state index in [4.69, 9.17) is 5.73 Å². The molecule has 0 spiro atoms. The minimum Gasteiger partial charge on any atom is -0.333 e. The SMILES string of the molecule is CC1CCC(N)C(N2CCn3ccnc3C2)C1. The fourth-order valence-corrected chi connectivity index (χ4v) is 3.27. The van der Waals surface area contributed by atoms with Gasteiger partial charge in [0.2, 0.25) is 0 Å². The maximum Gasteiger partial charge on any atom is 0.122 e. The summed E-state index contributed by atoms with van der Waals surface area (Å²) in [4.78, 5) is 6.97. The number of hydrogen-bond acceptors (Lipinski definition) is 3. The summed E-state index contributed by atoms with van der Waals surface area (Å²) in [7, 11) is 0. The molecular formula is C13H22N4. The van der Waals surface area contributed by atoms with Crippen LogP contribution in [0.5, 0.6) is 0 Å². The van der Waals surface area contributed by atoms with Crippen molar-refractivity contribution in [2.75, 3.05) is 6.54 Å². The zero-order chi connectivity index (χ0) is 11.8. The van der Waals surface area contributed by atoms with E-state index in [0.29, 0.717) is 12.1 Å². The van der Waals surface area contributed by atoms with Gasteiger partial charge in [-0.3, -0.25) is 4.90 Å². The Bertz CT molecular complexity index is 387. The molecule has 1 saturated carbocycles. The van der Waals surface area contributed by atoms with Gasteiger partial charge in [0.25, 0.3) is 0 Å². The molecule has 0 radical (unpaired) electrons. The monoisotopic (exact) mass is 234 g/mol. The highest BCUT2D eigenvalue weighted by Gasteiger charge is 2.32. The minimum atomic E-state index is 0.354. The van der Waals surface area contributed by atoms with Gasteiger partial charge < -0.3 is 10.3 Å². The average molecular weight is 234 g/mol. The van der Waals surface area contributed by atoms with Crippen molar-refractivity contribution >= 4 is 0 Å². The zero-order valence-corrected chi connectivity index (χ0v) is 10.5.